The lowest BCUT2D eigenvalue weighted by molar-refractivity contribution is 0.155. The molecule has 0 aromatic heterocycles. The summed E-state index contributed by atoms with van der Waals surface area (Å²) in [6, 6.07) is 5.91. The zero-order chi connectivity index (χ0) is 16.3. The Morgan fingerprint density at radius 1 is 1.23 bits per heavy atom. The van der Waals surface area contributed by atoms with Crippen molar-refractivity contribution < 1.29 is 13.2 Å². The average molecular weight is 325 g/mol. The van der Waals surface area contributed by atoms with E-state index >= 15 is 0 Å². The molecule has 3 N–H and O–H groups in total. The fourth-order valence-electron chi connectivity index (χ4n) is 2.96. The Bertz CT molecular complexity index is 628. The van der Waals surface area contributed by atoms with Crippen molar-refractivity contribution in [1.82, 2.24) is 4.90 Å². The highest BCUT2D eigenvalue weighted by Gasteiger charge is 2.27. The summed E-state index contributed by atoms with van der Waals surface area (Å²) in [5, 5.41) is 7.84. The fourth-order valence-corrected chi connectivity index (χ4v) is 3.48. The highest BCUT2D eigenvalue weighted by molar-refractivity contribution is 7.89. The molecule has 0 unspecified atom stereocenters. The van der Waals surface area contributed by atoms with Gasteiger partial charge in [0.25, 0.3) is 0 Å². The van der Waals surface area contributed by atoms with Crippen LogP contribution in [-0.4, -0.2) is 32.4 Å². The molecule has 1 aliphatic carbocycles. The van der Waals surface area contributed by atoms with Crippen LogP contribution in [0.15, 0.2) is 29.2 Å². The van der Waals surface area contributed by atoms with E-state index in [9.17, 15) is 13.2 Å². The predicted octanol–water partition coefficient (Wildman–Crippen LogP) is 2.38. The van der Waals surface area contributed by atoms with Gasteiger partial charge in [0, 0.05) is 18.8 Å². The zero-order valence-corrected chi connectivity index (χ0v) is 13.8. The lowest BCUT2D eigenvalue weighted by Crippen LogP contribution is -2.44. The molecule has 2 atom stereocenters. The first-order valence-electron chi connectivity index (χ1n) is 7.45. The third-order valence-corrected chi connectivity index (χ3v) is 5.25. The Morgan fingerprint density at radius 3 is 2.36 bits per heavy atom. The van der Waals surface area contributed by atoms with Crippen LogP contribution in [0.3, 0.4) is 0 Å². The number of rotatable bonds is 3. The van der Waals surface area contributed by atoms with Crippen molar-refractivity contribution in [1.29, 1.82) is 0 Å². The minimum atomic E-state index is -3.71. The van der Waals surface area contributed by atoms with Crippen molar-refractivity contribution in [2.24, 2.45) is 11.1 Å². The van der Waals surface area contributed by atoms with Crippen molar-refractivity contribution in [2.45, 2.75) is 43.5 Å². The summed E-state index contributed by atoms with van der Waals surface area (Å²) in [7, 11) is -1.91. The van der Waals surface area contributed by atoms with Gasteiger partial charge in [0.15, 0.2) is 0 Å². The SMILES string of the molecule is C[C@H]1CCCC[C@@H]1N(C)C(=O)Nc1ccc(S(N)(=O)=O)cc1. The van der Waals surface area contributed by atoms with E-state index < -0.39 is 10.0 Å². The highest BCUT2D eigenvalue weighted by atomic mass is 32.2. The normalized spacial score (nSPS) is 22.1. The number of benzene rings is 1. The van der Waals surface area contributed by atoms with E-state index in [1.165, 1.54) is 30.7 Å². The van der Waals surface area contributed by atoms with Gasteiger partial charge in [-0.15, -0.1) is 0 Å². The maximum Gasteiger partial charge on any atom is 0.321 e. The molecule has 0 radical (unpaired) electrons. The van der Waals surface area contributed by atoms with Crippen molar-refractivity contribution in [3.8, 4) is 0 Å². The van der Waals surface area contributed by atoms with E-state index in [4.69, 9.17) is 5.14 Å². The second-order valence-corrected chi connectivity index (χ2v) is 7.50. The van der Waals surface area contributed by atoms with Gasteiger partial charge in [0.05, 0.1) is 4.90 Å². The summed E-state index contributed by atoms with van der Waals surface area (Å²) in [4.78, 5) is 14.1. The molecule has 0 heterocycles. The molecular formula is C15H23N3O3S. The van der Waals surface area contributed by atoms with Gasteiger partial charge in [-0.25, -0.2) is 18.4 Å². The maximum absolute atomic E-state index is 12.3. The lowest BCUT2D eigenvalue weighted by Gasteiger charge is -2.36. The molecule has 1 aromatic carbocycles. The lowest BCUT2D eigenvalue weighted by atomic mass is 9.85. The summed E-state index contributed by atoms with van der Waals surface area (Å²) in [5.41, 5.74) is 0.549. The van der Waals surface area contributed by atoms with Crippen LogP contribution in [0.2, 0.25) is 0 Å². The molecule has 2 amide bonds. The monoisotopic (exact) mass is 325 g/mol. The number of urea groups is 1. The number of carbonyl (C=O) groups is 1. The molecule has 0 spiro atoms. The van der Waals surface area contributed by atoms with Gasteiger partial charge in [0.2, 0.25) is 10.0 Å². The summed E-state index contributed by atoms with van der Waals surface area (Å²) < 4.78 is 22.4. The van der Waals surface area contributed by atoms with Crippen LogP contribution in [0.25, 0.3) is 0 Å². The Labute approximate surface area is 131 Å². The van der Waals surface area contributed by atoms with E-state index in [0.717, 1.165) is 19.3 Å². The second kappa shape index (κ2) is 6.66. The Morgan fingerprint density at radius 2 is 1.82 bits per heavy atom. The summed E-state index contributed by atoms with van der Waals surface area (Å²) in [6.07, 6.45) is 4.54. The number of nitrogens with two attached hydrogens (primary N) is 1. The van der Waals surface area contributed by atoms with Gasteiger partial charge in [-0.05, 0) is 43.0 Å². The van der Waals surface area contributed by atoms with E-state index in [1.807, 2.05) is 0 Å². The molecule has 0 aliphatic heterocycles. The minimum absolute atomic E-state index is 0.0276. The van der Waals surface area contributed by atoms with Crippen LogP contribution in [0.4, 0.5) is 10.5 Å². The van der Waals surface area contributed by atoms with E-state index in [1.54, 1.807) is 11.9 Å². The van der Waals surface area contributed by atoms with E-state index in [-0.39, 0.29) is 17.0 Å². The van der Waals surface area contributed by atoms with Crippen LogP contribution in [0.5, 0.6) is 0 Å². The summed E-state index contributed by atoms with van der Waals surface area (Å²) in [6.45, 7) is 2.18. The summed E-state index contributed by atoms with van der Waals surface area (Å²) in [5.74, 6) is 0.495. The fraction of sp³-hybridized carbons (Fsp3) is 0.533. The van der Waals surface area contributed by atoms with Crippen molar-refractivity contribution in [3.63, 3.8) is 0 Å². The van der Waals surface area contributed by atoms with Crippen LogP contribution in [-0.2, 0) is 10.0 Å². The zero-order valence-electron chi connectivity index (χ0n) is 13.0. The largest absolute Gasteiger partial charge is 0.324 e. The molecule has 1 fully saturated rings. The van der Waals surface area contributed by atoms with Gasteiger partial charge >= 0.3 is 6.03 Å². The van der Waals surface area contributed by atoms with Gasteiger partial charge in [-0.1, -0.05) is 19.8 Å². The standard InChI is InChI=1S/C15H23N3O3S/c1-11-5-3-4-6-14(11)18(2)15(19)17-12-7-9-13(10-8-12)22(16,20)21/h7-11,14H,3-6H2,1-2H3,(H,17,19)(H2,16,20,21)/t11-,14-/m0/s1. The van der Waals surface area contributed by atoms with Gasteiger partial charge < -0.3 is 10.2 Å². The van der Waals surface area contributed by atoms with Crippen LogP contribution in [0.1, 0.15) is 32.6 Å². The van der Waals surface area contributed by atoms with Crippen molar-refractivity contribution >= 4 is 21.7 Å². The first-order chi connectivity index (χ1) is 10.3. The first-order valence-corrected chi connectivity index (χ1v) is 9.00. The number of anilines is 1. The third kappa shape index (κ3) is 3.98. The molecule has 1 aliphatic rings. The maximum atomic E-state index is 12.3. The molecule has 0 saturated heterocycles. The molecule has 122 valence electrons. The van der Waals surface area contributed by atoms with Gasteiger partial charge in [0.1, 0.15) is 0 Å². The minimum Gasteiger partial charge on any atom is -0.324 e. The molecule has 22 heavy (non-hydrogen) atoms. The molecular weight excluding hydrogens is 302 g/mol. The number of sulfonamides is 1. The number of hydrogen-bond acceptors (Lipinski definition) is 3. The van der Waals surface area contributed by atoms with Crippen molar-refractivity contribution in [3.05, 3.63) is 24.3 Å². The second-order valence-electron chi connectivity index (χ2n) is 5.94. The average Bonchev–Trinajstić information content (AvgIpc) is 2.46. The summed E-state index contributed by atoms with van der Waals surface area (Å²) >= 11 is 0. The molecule has 2 rings (SSSR count). The Kier molecular flexibility index (Phi) is 5.08. The molecule has 7 heteroatoms. The van der Waals surface area contributed by atoms with Crippen LogP contribution in [0, 0.1) is 5.92 Å². The number of carbonyl (C=O) groups excluding carboxylic acids is 1. The van der Waals surface area contributed by atoms with Gasteiger partial charge in [-0.2, -0.15) is 0 Å². The van der Waals surface area contributed by atoms with E-state index in [0.29, 0.717) is 11.6 Å². The van der Waals surface area contributed by atoms with Gasteiger partial charge in [-0.3, -0.25) is 0 Å². The number of hydrogen-bond donors (Lipinski definition) is 2. The Balaban J connectivity index is 2.02. The molecule has 1 saturated carbocycles. The highest BCUT2D eigenvalue weighted by Crippen LogP contribution is 2.27. The smallest absolute Gasteiger partial charge is 0.321 e. The quantitative estimate of drug-likeness (QED) is 0.893. The van der Waals surface area contributed by atoms with E-state index in [2.05, 4.69) is 12.2 Å². The first kappa shape index (κ1) is 16.8. The Hall–Kier alpha value is -1.60. The number of primary sulfonamides is 1. The number of nitrogens with zero attached hydrogens (tertiary/aromatic N) is 1. The van der Waals surface area contributed by atoms with Crippen molar-refractivity contribution in [2.75, 3.05) is 12.4 Å². The number of nitrogens with one attached hydrogen (secondary N) is 1. The predicted molar refractivity (Wildman–Crippen MR) is 86.0 cm³/mol. The molecule has 6 nitrogen and oxygen atoms in total. The third-order valence-electron chi connectivity index (χ3n) is 4.32. The topological polar surface area (TPSA) is 92.5 Å². The molecule has 1 aromatic rings. The number of amides is 2. The molecule has 0 bridgehead atoms. The van der Waals surface area contributed by atoms with Crippen LogP contribution >= 0.6 is 0 Å². The van der Waals surface area contributed by atoms with Crippen LogP contribution < -0.4 is 10.5 Å².